The lowest BCUT2D eigenvalue weighted by molar-refractivity contribution is -0.148. The largest absolute Gasteiger partial charge is 0.481 e. The summed E-state index contributed by atoms with van der Waals surface area (Å²) in [7, 11) is -1.62. The Balaban J connectivity index is 1.80. The van der Waals surface area contributed by atoms with Crippen LogP contribution in [-0.4, -0.2) is 61.9 Å². The van der Waals surface area contributed by atoms with E-state index in [0.29, 0.717) is 19.6 Å². The zero-order chi connectivity index (χ0) is 16.8. The molecule has 2 saturated heterocycles. The van der Waals surface area contributed by atoms with Gasteiger partial charge in [0.25, 0.3) is 0 Å². The number of carbonyl (C=O) groups is 1. The zero-order valence-electron chi connectivity index (χ0n) is 13.4. The molecule has 0 spiro atoms. The topological polar surface area (TPSA) is 77.9 Å². The zero-order valence-corrected chi connectivity index (χ0v) is 14.2. The highest BCUT2D eigenvalue weighted by atomic mass is 32.2. The van der Waals surface area contributed by atoms with Gasteiger partial charge in [-0.25, -0.2) is 12.7 Å². The highest BCUT2D eigenvalue weighted by Crippen LogP contribution is 2.43. The van der Waals surface area contributed by atoms with Gasteiger partial charge in [-0.15, -0.1) is 0 Å². The molecule has 2 atom stereocenters. The van der Waals surface area contributed by atoms with Crippen LogP contribution in [0.3, 0.4) is 0 Å². The normalized spacial score (nSPS) is 28.9. The van der Waals surface area contributed by atoms with Gasteiger partial charge in [0.2, 0.25) is 10.0 Å². The Kier molecular flexibility index (Phi) is 3.98. The van der Waals surface area contributed by atoms with Crippen molar-refractivity contribution in [3.05, 3.63) is 35.4 Å². The third-order valence-corrected chi connectivity index (χ3v) is 6.80. The first-order valence-corrected chi connectivity index (χ1v) is 9.29. The van der Waals surface area contributed by atoms with Crippen LogP contribution >= 0.6 is 0 Å². The number of sulfonamides is 1. The van der Waals surface area contributed by atoms with Gasteiger partial charge in [0.05, 0.1) is 11.2 Å². The number of likely N-dealkylation sites (tertiary alicyclic amines) is 1. The lowest BCUT2D eigenvalue weighted by Gasteiger charge is -2.24. The fraction of sp³-hybridized carbons (Fsp3) is 0.562. The van der Waals surface area contributed by atoms with Gasteiger partial charge >= 0.3 is 5.97 Å². The first-order chi connectivity index (χ1) is 10.7. The van der Waals surface area contributed by atoms with Crippen LogP contribution in [0.25, 0.3) is 0 Å². The number of rotatable bonds is 4. The minimum atomic E-state index is -3.51. The van der Waals surface area contributed by atoms with Crippen molar-refractivity contribution in [1.29, 1.82) is 0 Å². The molecule has 2 aliphatic rings. The molecule has 0 radical (unpaired) electrons. The smallest absolute Gasteiger partial charge is 0.312 e. The molecular formula is C16H22N2O4S. The Morgan fingerprint density at radius 3 is 2.48 bits per heavy atom. The van der Waals surface area contributed by atoms with Crippen molar-refractivity contribution in [2.24, 2.45) is 11.3 Å². The molecule has 0 aromatic heterocycles. The Morgan fingerprint density at radius 1 is 1.26 bits per heavy atom. The van der Waals surface area contributed by atoms with Gasteiger partial charge in [0.1, 0.15) is 0 Å². The molecule has 6 nitrogen and oxygen atoms in total. The first kappa shape index (κ1) is 16.4. The van der Waals surface area contributed by atoms with Crippen molar-refractivity contribution in [2.45, 2.75) is 12.7 Å². The molecule has 23 heavy (non-hydrogen) atoms. The summed E-state index contributed by atoms with van der Waals surface area (Å²) < 4.78 is 26.7. The molecular weight excluding hydrogens is 316 g/mol. The summed E-state index contributed by atoms with van der Waals surface area (Å²) in [5.74, 6) is -1.11. The Morgan fingerprint density at radius 2 is 1.91 bits per heavy atom. The van der Waals surface area contributed by atoms with Gasteiger partial charge in [0.15, 0.2) is 0 Å². The van der Waals surface area contributed by atoms with Crippen LogP contribution in [0, 0.1) is 18.3 Å². The highest BCUT2D eigenvalue weighted by molar-refractivity contribution is 7.88. The maximum Gasteiger partial charge on any atom is 0.312 e. The van der Waals surface area contributed by atoms with Crippen LogP contribution in [-0.2, 0) is 20.6 Å². The number of carboxylic acid groups (broad SMARTS) is 1. The second-order valence-corrected chi connectivity index (χ2v) is 8.86. The number of hydrogen-bond donors (Lipinski definition) is 1. The van der Waals surface area contributed by atoms with Crippen molar-refractivity contribution >= 4 is 16.0 Å². The molecule has 126 valence electrons. The number of carboxylic acids is 1. The minimum Gasteiger partial charge on any atom is -0.481 e. The third-order valence-electron chi connectivity index (χ3n) is 5.04. The predicted octanol–water partition coefficient (Wildman–Crippen LogP) is 0.773. The van der Waals surface area contributed by atoms with E-state index >= 15 is 0 Å². The molecule has 2 heterocycles. The van der Waals surface area contributed by atoms with Gasteiger partial charge < -0.3 is 10.0 Å². The molecule has 1 aromatic carbocycles. The lowest BCUT2D eigenvalue weighted by Crippen LogP contribution is -2.41. The van der Waals surface area contributed by atoms with Gasteiger partial charge in [-0.05, 0) is 19.5 Å². The van der Waals surface area contributed by atoms with E-state index < -0.39 is 21.4 Å². The molecule has 1 N–H and O–H groups in total. The van der Waals surface area contributed by atoms with Crippen LogP contribution in [0.2, 0.25) is 0 Å². The SMILES string of the molecule is Cc1ccc(CS(=O)(=O)N2CC3CN(C)C[C@]3(C(=O)O)C2)cc1. The number of fused-ring (bicyclic) bond motifs is 1. The summed E-state index contributed by atoms with van der Waals surface area (Å²) in [5, 5.41) is 9.65. The summed E-state index contributed by atoms with van der Waals surface area (Å²) in [6.45, 7) is 3.36. The predicted molar refractivity (Wildman–Crippen MR) is 86.4 cm³/mol. The van der Waals surface area contributed by atoms with Crippen molar-refractivity contribution in [3.8, 4) is 0 Å². The van der Waals surface area contributed by atoms with Crippen molar-refractivity contribution < 1.29 is 18.3 Å². The fourth-order valence-electron chi connectivity index (χ4n) is 3.77. The monoisotopic (exact) mass is 338 g/mol. The molecule has 1 aromatic rings. The van der Waals surface area contributed by atoms with Crippen LogP contribution in [0.5, 0.6) is 0 Å². The maximum absolute atomic E-state index is 12.7. The van der Waals surface area contributed by atoms with E-state index in [2.05, 4.69) is 0 Å². The van der Waals surface area contributed by atoms with E-state index in [1.807, 2.05) is 43.1 Å². The maximum atomic E-state index is 12.7. The molecule has 2 fully saturated rings. The molecule has 0 bridgehead atoms. The average molecular weight is 338 g/mol. The van der Waals surface area contributed by atoms with E-state index in [1.54, 1.807) is 0 Å². The van der Waals surface area contributed by atoms with E-state index in [-0.39, 0.29) is 18.2 Å². The van der Waals surface area contributed by atoms with Crippen LogP contribution in [0.1, 0.15) is 11.1 Å². The lowest BCUT2D eigenvalue weighted by atomic mass is 9.81. The number of nitrogens with zero attached hydrogens (tertiary/aromatic N) is 2. The number of benzene rings is 1. The molecule has 0 aliphatic carbocycles. The van der Waals surface area contributed by atoms with E-state index in [0.717, 1.165) is 11.1 Å². The van der Waals surface area contributed by atoms with E-state index in [9.17, 15) is 18.3 Å². The molecule has 2 aliphatic heterocycles. The minimum absolute atomic E-state index is 0.0749. The Labute approximate surface area is 136 Å². The summed E-state index contributed by atoms with van der Waals surface area (Å²) in [5.41, 5.74) is 0.846. The summed E-state index contributed by atoms with van der Waals surface area (Å²) in [6.07, 6.45) is 0. The van der Waals surface area contributed by atoms with Crippen LogP contribution in [0.15, 0.2) is 24.3 Å². The third kappa shape index (κ3) is 2.88. The fourth-order valence-corrected chi connectivity index (χ4v) is 5.40. The van der Waals surface area contributed by atoms with E-state index in [4.69, 9.17) is 0 Å². The molecule has 0 saturated carbocycles. The van der Waals surface area contributed by atoms with Crippen molar-refractivity contribution in [3.63, 3.8) is 0 Å². The number of aliphatic carboxylic acids is 1. The van der Waals surface area contributed by atoms with Crippen molar-refractivity contribution in [1.82, 2.24) is 9.21 Å². The second kappa shape index (κ2) is 5.58. The van der Waals surface area contributed by atoms with Crippen LogP contribution < -0.4 is 0 Å². The van der Waals surface area contributed by atoms with Gasteiger partial charge in [-0.3, -0.25) is 4.79 Å². The van der Waals surface area contributed by atoms with Crippen molar-refractivity contribution in [2.75, 3.05) is 33.2 Å². The average Bonchev–Trinajstić information content (AvgIpc) is 2.95. The summed E-state index contributed by atoms with van der Waals surface area (Å²) >= 11 is 0. The second-order valence-electron chi connectivity index (χ2n) is 6.89. The Bertz CT molecular complexity index is 716. The number of hydrogen-bond acceptors (Lipinski definition) is 4. The molecule has 1 unspecified atom stereocenters. The standard InChI is InChI=1S/C16H22N2O4S/c1-12-3-5-13(6-4-12)9-23(21,22)18-8-14-7-17(2)10-16(14,11-18)15(19)20/h3-6,14H,7-11H2,1-2H3,(H,19,20)/t14?,16-/m0/s1. The summed E-state index contributed by atoms with van der Waals surface area (Å²) in [6, 6.07) is 7.39. The summed E-state index contributed by atoms with van der Waals surface area (Å²) in [4.78, 5) is 13.7. The Hall–Kier alpha value is -1.44. The molecule has 7 heteroatoms. The van der Waals surface area contributed by atoms with Crippen LogP contribution in [0.4, 0.5) is 0 Å². The number of aryl methyl sites for hydroxylation is 1. The first-order valence-electron chi connectivity index (χ1n) is 7.68. The molecule has 0 amide bonds. The van der Waals surface area contributed by atoms with Gasteiger partial charge in [-0.1, -0.05) is 29.8 Å². The molecule has 3 rings (SSSR count). The van der Waals surface area contributed by atoms with Gasteiger partial charge in [-0.2, -0.15) is 0 Å². The van der Waals surface area contributed by atoms with E-state index in [1.165, 1.54) is 4.31 Å². The highest BCUT2D eigenvalue weighted by Gasteiger charge is 2.58. The van der Waals surface area contributed by atoms with Gasteiger partial charge in [0, 0.05) is 32.1 Å². The quantitative estimate of drug-likeness (QED) is 0.877.